The van der Waals surface area contributed by atoms with Gasteiger partial charge in [0.25, 0.3) is 0 Å². The lowest BCUT2D eigenvalue weighted by Crippen LogP contribution is -2.23. The summed E-state index contributed by atoms with van der Waals surface area (Å²) < 4.78 is 26.6. The van der Waals surface area contributed by atoms with Crippen molar-refractivity contribution in [2.75, 3.05) is 6.54 Å². The highest BCUT2D eigenvalue weighted by molar-refractivity contribution is 9.10. The van der Waals surface area contributed by atoms with E-state index < -0.39 is 17.7 Å². The van der Waals surface area contributed by atoms with Crippen LogP contribution in [0.25, 0.3) is 0 Å². The van der Waals surface area contributed by atoms with Crippen LogP contribution in [0.3, 0.4) is 0 Å². The number of benzene rings is 1. The molecule has 1 aromatic rings. The third-order valence-corrected chi connectivity index (χ3v) is 2.13. The minimum absolute atomic E-state index is 0. The van der Waals surface area contributed by atoms with Crippen LogP contribution in [-0.2, 0) is 0 Å². The SMILES string of the molecule is Cl.NC[C@H](N)c1c(F)cc(Br)cc1F. The molecule has 0 aliphatic rings. The standard InChI is InChI=1S/C8H9BrF2N2.ClH/c9-4-1-5(10)8(6(11)2-4)7(13)3-12;/h1-2,7H,3,12-13H2;1H/t7-;/m0./s1. The first-order chi connectivity index (χ1) is 6.06. The molecule has 0 bridgehead atoms. The van der Waals surface area contributed by atoms with Crippen molar-refractivity contribution in [2.45, 2.75) is 6.04 Å². The maximum atomic E-state index is 13.1. The van der Waals surface area contributed by atoms with Crippen molar-refractivity contribution in [3.8, 4) is 0 Å². The maximum Gasteiger partial charge on any atom is 0.132 e. The fourth-order valence-corrected chi connectivity index (χ4v) is 1.43. The molecule has 4 N–H and O–H groups in total. The highest BCUT2D eigenvalue weighted by atomic mass is 79.9. The normalized spacial score (nSPS) is 12.1. The first-order valence-electron chi connectivity index (χ1n) is 3.66. The van der Waals surface area contributed by atoms with Gasteiger partial charge in [0.05, 0.1) is 0 Å². The number of hydrogen-bond acceptors (Lipinski definition) is 2. The number of halogens is 4. The van der Waals surface area contributed by atoms with Gasteiger partial charge in [0, 0.05) is 22.6 Å². The first-order valence-corrected chi connectivity index (χ1v) is 4.45. The number of hydrogen-bond donors (Lipinski definition) is 2. The Labute approximate surface area is 95.2 Å². The Bertz CT molecular complexity index is 299. The Balaban J connectivity index is 0.00000169. The summed E-state index contributed by atoms with van der Waals surface area (Å²) in [5.74, 6) is -1.35. The van der Waals surface area contributed by atoms with Crippen LogP contribution in [0.1, 0.15) is 11.6 Å². The zero-order valence-electron chi connectivity index (χ0n) is 7.14. The number of nitrogens with two attached hydrogens (primary N) is 2. The van der Waals surface area contributed by atoms with Crippen LogP contribution in [0.4, 0.5) is 8.78 Å². The smallest absolute Gasteiger partial charge is 0.132 e. The summed E-state index contributed by atoms with van der Waals surface area (Å²) in [5, 5.41) is 0. The van der Waals surface area contributed by atoms with Crippen LogP contribution >= 0.6 is 28.3 Å². The molecule has 0 saturated carbocycles. The Kier molecular flexibility index (Phi) is 5.51. The van der Waals surface area contributed by atoms with Gasteiger partial charge in [0.1, 0.15) is 11.6 Å². The van der Waals surface area contributed by atoms with E-state index in [1.54, 1.807) is 0 Å². The predicted molar refractivity (Wildman–Crippen MR) is 57.3 cm³/mol. The van der Waals surface area contributed by atoms with E-state index in [-0.39, 0.29) is 24.5 Å². The molecule has 80 valence electrons. The third kappa shape index (κ3) is 2.88. The molecule has 6 heteroatoms. The van der Waals surface area contributed by atoms with E-state index in [1.165, 1.54) is 0 Å². The zero-order chi connectivity index (χ0) is 10.0. The summed E-state index contributed by atoms with van der Waals surface area (Å²) in [7, 11) is 0. The molecule has 0 amide bonds. The van der Waals surface area contributed by atoms with Crippen molar-refractivity contribution in [3.63, 3.8) is 0 Å². The van der Waals surface area contributed by atoms with Gasteiger partial charge in [-0.15, -0.1) is 12.4 Å². The zero-order valence-corrected chi connectivity index (χ0v) is 9.54. The summed E-state index contributed by atoms with van der Waals surface area (Å²) in [4.78, 5) is 0. The van der Waals surface area contributed by atoms with E-state index in [4.69, 9.17) is 11.5 Å². The monoisotopic (exact) mass is 286 g/mol. The van der Waals surface area contributed by atoms with Gasteiger partial charge >= 0.3 is 0 Å². The van der Waals surface area contributed by atoms with E-state index in [0.29, 0.717) is 4.47 Å². The highest BCUT2D eigenvalue weighted by Crippen LogP contribution is 2.22. The van der Waals surface area contributed by atoms with Crippen molar-refractivity contribution in [2.24, 2.45) is 11.5 Å². The third-order valence-electron chi connectivity index (χ3n) is 1.67. The molecule has 1 aromatic carbocycles. The lowest BCUT2D eigenvalue weighted by molar-refractivity contribution is 0.527. The average molecular weight is 288 g/mol. The van der Waals surface area contributed by atoms with E-state index in [1.807, 2.05) is 0 Å². The summed E-state index contributed by atoms with van der Waals surface area (Å²) in [6, 6.07) is 1.52. The summed E-state index contributed by atoms with van der Waals surface area (Å²) >= 11 is 2.97. The Morgan fingerprint density at radius 3 is 2.07 bits per heavy atom. The van der Waals surface area contributed by atoms with Crippen molar-refractivity contribution in [3.05, 3.63) is 33.8 Å². The minimum atomic E-state index is -0.798. The molecule has 0 aromatic heterocycles. The quantitative estimate of drug-likeness (QED) is 0.875. The molecule has 0 aliphatic heterocycles. The molecule has 1 atom stereocenters. The lowest BCUT2D eigenvalue weighted by atomic mass is 10.1. The van der Waals surface area contributed by atoms with Crippen LogP contribution in [0.5, 0.6) is 0 Å². The van der Waals surface area contributed by atoms with Gasteiger partial charge in [0.2, 0.25) is 0 Å². The molecule has 0 heterocycles. The molecule has 0 radical (unpaired) electrons. The Hall–Kier alpha value is -0.230. The van der Waals surface area contributed by atoms with Crippen molar-refractivity contribution in [1.82, 2.24) is 0 Å². The molecule has 1 rings (SSSR count). The Morgan fingerprint density at radius 1 is 1.29 bits per heavy atom. The van der Waals surface area contributed by atoms with Crippen molar-refractivity contribution < 1.29 is 8.78 Å². The lowest BCUT2D eigenvalue weighted by Gasteiger charge is -2.11. The average Bonchev–Trinajstić information content (AvgIpc) is 2.02. The summed E-state index contributed by atoms with van der Waals surface area (Å²) in [6.07, 6.45) is 0. The molecule has 0 saturated heterocycles. The Morgan fingerprint density at radius 2 is 1.71 bits per heavy atom. The molecular formula is C8H10BrClF2N2. The maximum absolute atomic E-state index is 13.1. The predicted octanol–water partition coefficient (Wildman–Crippen LogP) is 2.11. The molecule has 2 nitrogen and oxygen atoms in total. The van der Waals surface area contributed by atoms with Crippen LogP contribution < -0.4 is 11.5 Å². The topological polar surface area (TPSA) is 52.0 Å². The second kappa shape index (κ2) is 5.60. The fraction of sp³-hybridized carbons (Fsp3) is 0.250. The van der Waals surface area contributed by atoms with Gasteiger partial charge in [0.15, 0.2) is 0 Å². The van der Waals surface area contributed by atoms with E-state index in [2.05, 4.69) is 15.9 Å². The van der Waals surface area contributed by atoms with Crippen LogP contribution in [-0.4, -0.2) is 6.54 Å². The molecule has 0 unspecified atom stereocenters. The van der Waals surface area contributed by atoms with Gasteiger partial charge in [-0.2, -0.15) is 0 Å². The van der Waals surface area contributed by atoms with E-state index >= 15 is 0 Å². The molecule has 0 spiro atoms. The molecule has 0 fully saturated rings. The van der Waals surface area contributed by atoms with E-state index in [9.17, 15) is 8.78 Å². The van der Waals surface area contributed by atoms with Crippen molar-refractivity contribution in [1.29, 1.82) is 0 Å². The van der Waals surface area contributed by atoms with Crippen LogP contribution in [0.15, 0.2) is 16.6 Å². The van der Waals surface area contributed by atoms with Gasteiger partial charge in [-0.3, -0.25) is 0 Å². The molecule has 0 aliphatic carbocycles. The van der Waals surface area contributed by atoms with Gasteiger partial charge in [-0.05, 0) is 12.1 Å². The second-order valence-corrected chi connectivity index (χ2v) is 3.54. The second-order valence-electron chi connectivity index (χ2n) is 2.63. The first kappa shape index (κ1) is 13.8. The number of rotatable bonds is 2. The van der Waals surface area contributed by atoms with Gasteiger partial charge in [-0.1, -0.05) is 15.9 Å². The van der Waals surface area contributed by atoms with Crippen molar-refractivity contribution >= 4 is 28.3 Å². The summed E-state index contributed by atoms with van der Waals surface area (Å²) in [5.41, 5.74) is 10.5. The largest absolute Gasteiger partial charge is 0.329 e. The van der Waals surface area contributed by atoms with Gasteiger partial charge < -0.3 is 11.5 Å². The summed E-state index contributed by atoms with van der Waals surface area (Å²) in [6.45, 7) is 0.00940. The highest BCUT2D eigenvalue weighted by Gasteiger charge is 2.15. The molecular weight excluding hydrogens is 277 g/mol. The van der Waals surface area contributed by atoms with Crippen LogP contribution in [0.2, 0.25) is 0 Å². The van der Waals surface area contributed by atoms with E-state index in [0.717, 1.165) is 12.1 Å². The van der Waals surface area contributed by atoms with Crippen LogP contribution in [0, 0.1) is 11.6 Å². The van der Waals surface area contributed by atoms with Gasteiger partial charge in [-0.25, -0.2) is 8.78 Å². The minimum Gasteiger partial charge on any atom is -0.329 e. The molecule has 14 heavy (non-hydrogen) atoms. The fourth-order valence-electron chi connectivity index (χ4n) is 1.03.